The minimum atomic E-state index is 0.760. The van der Waals surface area contributed by atoms with Crippen molar-refractivity contribution in [3.8, 4) is 17.3 Å². The molecule has 0 amide bonds. The molecule has 86 valence electrons. The van der Waals surface area contributed by atoms with E-state index < -0.39 is 0 Å². The zero-order valence-electron chi connectivity index (χ0n) is 9.68. The lowest BCUT2D eigenvalue weighted by Crippen LogP contribution is -1.90. The number of nitrogens with zero attached hydrogens (tertiary/aromatic N) is 2. The Morgan fingerprint density at radius 2 is 2.18 bits per heavy atom. The molecule has 4 heteroatoms. The van der Waals surface area contributed by atoms with E-state index in [4.69, 9.17) is 9.15 Å². The molecule has 3 aromatic heterocycles. The Hall–Kier alpha value is -2.23. The lowest BCUT2D eigenvalue weighted by Gasteiger charge is -2.03. The number of ether oxygens (including phenoxy) is 1. The molecule has 0 N–H and O–H groups in total. The molecule has 0 aliphatic heterocycles. The third-order valence-corrected chi connectivity index (χ3v) is 2.71. The van der Waals surface area contributed by atoms with Crippen molar-refractivity contribution in [3.63, 3.8) is 0 Å². The van der Waals surface area contributed by atoms with Crippen molar-refractivity contribution in [3.05, 3.63) is 42.4 Å². The average Bonchev–Trinajstić information content (AvgIpc) is 2.94. The Morgan fingerprint density at radius 3 is 2.88 bits per heavy atom. The Labute approximate surface area is 98.5 Å². The summed E-state index contributed by atoms with van der Waals surface area (Å²) >= 11 is 0. The number of imidazole rings is 1. The van der Waals surface area contributed by atoms with Crippen molar-refractivity contribution in [2.75, 3.05) is 7.11 Å². The number of hydrogen-bond donors (Lipinski definition) is 0. The van der Waals surface area contributed by atoms with Gasteiger partial charge in [0.2, 0.25) is 0 Å². The normalized spacial score (nSPS) is 10.9. The fraction of sp³-hybridized carbons (Fsp3) is 0.154. The number of pyridine rings is 1. The number of fused-ring (bicyclic) bond motifs is 1. The van der Waals surface area contributed by atoms with E-state index in [1.165, 1.54) is 0 Å². The average molecular weight is 228 g/mol. The van der Waals surface area contributed by atoms with Crippen LogP contribution in [0.3, 0.4) is 0 Å². The van der Waals surface area contributed by atoms with Gasteiger partial charge in [-0.2, -0.15) is 0 Å². The third-order valence-electron chi connectivity index (χ3n) is 2.71. The quantitative estimate of drug-likeness (QED) is 0.677. The van der Waals surface area contributed by atoms with Gasteiger partial charge < -0.3 is 9.15 Å². The van der Waals surface area contributed by atoms with Gasteiger partial charge in [0, 0.05) is 6.20 Å². The molecule has 0 unspecified atom stereocenters. The lowest BCUT2D eigenvalue weighted by molar-refractivity contribution is 0.418. The van der Waals surface area contributed by atoms with Gasteiger partial charge in [0.1, 0.15) is 17.0 Å². The van der Waals surface area contributed by atoms with E-state index in [1.54, 1.807) is 13.3 Å². The van der Waals surface area contributed by atoms with Crippen LogP contribution in [-0.4, -0.2) is 16.5 Å². The fourth-order valence-corrected chi connectivity index (χ4v) is 1.91. The molecule has 0 spiro atoms. The number of aryl methyl sites for hydroxylation is 1. The number of methoxy groups -OCH3 is 1. The number of rotatable bonds is 2. The Balaban J connectivity index is 2.25. The van der Waals surface area contributed by atoms with Crippen molar-refractivity contribution in [1.29, 1.82) is 0 Å². The molecule has 0 saturated carbocycles. The summed E-state index contributed by atoms with van der Waals surface area (Å²) in [5, 5.41) is 0. The van der Waals surface area contributed by atoms with E-state index in [-0.39, 0.29) is 0 Å². The molecule has 3 rings (SSSR count). The Bertz CT molecular complexity index is 667. The summed E-state index contributed by atoms with van der Waals surface area (Å²) < 4.78 is 12.8. The maximum absolute atomic E-state index is 5.59. The second-order valence-corrected chi connectivity index (χ2v) is 3.82. The van der Waals surface area contributed by atoms with Crippen LogP contribution < -0.4 is 4.74 Å². The summed E-state index contributed by atoms with van der Waals surface area (Å²) in [6.45, 7) is 1.92. The summed E-state index contributed by atoms with van der Waals surface area (Å²) in [6.07, 6.45) is 3.73. The van der Waals surface area contributed by atoms with E-state index in [9.17, 15) is 0 Å². The van der Waals surface area contributed by atoms with Gasteiger partial charge >= 0.3 is 0 Å². The van der Waals surface area contributed by atoms with E-state index in [0.29, 0.717) is 0 Å². The highest BCUT2D eigenvalue weighted by Gasteiger charge is 2.11. The van der Waals surface area contributed by atoms with Crippen molar-refractivity contribution in [2.24, 2.45) is 0 Å². The summed E-state index contributed by atoms with van der Waals surface area (Å²) in [5.41, 5.74) is 0.930. The molecule has 0 aliphatic carbocycles. The van der Waals surface area contributed by atoms with Crippen molar-refractivity contribution >= 4 is 5.52 Å². The maximum atomic E-state index is 5.59. The van der Waals surface area contributed by atoms with Gasteiger partial charge in [0.25, 0.3) is 0 Å². The molecule has 17 heavy (non-hydrogen) atoms. The molecule has 0 bridgehead atoms. The van der Waals surface area contributed by atoms with Crippen LogP contribution in [0.5, 0.6) is 5.75 Å². The van der Waals surface area contributed by atoms with Gasteiger partial charge in [-0.25, -0.2) is 4.98 Å². The molecular weight excluding hydrogens is 216 g/mol. The summed E-state index contributed by atoms with van der Waals surface area (Å²) in [5.74, 6) is 3.22. The predicted octanol–water partition coefficient (Wildman–Crippen LogP) is 2.91. The fourth-order valence-electron chi connectivity index (χ4n) is 1.91. The molecule has 0 aliphatic rings. The number of hydrogen-bond acceptors (Lipinski definition) is 3. The molecule has 0 fully saturated rings. The second kappa shape index (κ2) is 3.66. The molecule has 0 saturated heterocycles. The van der Waals surface area contributed by atoms with Gasteiger partial charge in [-0.3, -0.25) is 4.40 Å². The zero-order valence-corrected chi connectivity index (χ0v) is 9.68. The summed E-state index contributed by atoms with van der Waals surface area (Å²) in [6, 6.07) is 7.68. The number of furan rings is 1. The Kier molecular flexibility index (Phi) is 2.14. The SMILES string of the molecule is COc1cccn2c(-c3ccc(C)o3)ncc12. The highest BCUT2D eigenvalue weighted by molar-refractivity contribution is 5.65. The van der Waals surface area contributed by atoms with Gasteiger partial charge in [-0.15, -0.1) is 0 Å². The number of aromatic nitrogens is 2. The van der Waals surface area contributed by atoms with Crippen LogP contribution in [0.25, 0.3) is 17.1 Å². The highest BCUT2D eigenvalue weighted by atomic mass is 16.5. The lowest BCUT2D eigenvalue weighted by atomic mass is 10.3. The zero-order chi connectivity index (χ0) is 11.8. The van der Waals surface area contributed by atoms with Crippen LogP contribution in [0.1, 0.15) is 5.76 Å². The standard InChI is InChI=1S/C13H12N2O2/c1-9-5-6-12(17-9)13-14-8-10-11(16-2)4-3-7-15(10)13/h3-8H,1-2H3. The topological polar surface area (TPSA) is 39.7 Å². The minimum Gasteiger partial charge on any atom is -0.494 e. The van der Waals surface area contributed by atoms with Gasteiger partial charge in [0.05, 0.1) is 13.3 Å². The second-order valence-electron chi connectivity index (χ2n) is 3.82. The van der Waals surface area contributed by atoms with E-state index in [2.05, 4.69) is 4.98 Å². The molecule has 3 aromatic rings. The van der Waals surface area contributed by atoms with E-state index in [1.807, 2.05) is 41.8 Å². The van der Waals surface area contributed by atoms with Crippen LogP contribution in [-0.2, 0) is 0 Å². The van der Waals surface area contributed by atoms with Crippen molar-refractivity contribution < 1.29 is 9.15 Å². The van der Waals surface area contributed by atoms with Crippen LogP contribution in [0.4, 0.5) is 0 Å². The summed E-state index contributed by atoms with van der Waals surface area (Å²) in [4.78, 5) is 4.38. The monoisotopic (exact) mass is 228 g/mol. The first-order valence-corrected chi connectivity index (χ1v) is 5.36. The maximum Gasteiger partial charge on any atom is 0.180 e. The highest BCUT2D eigenvalue weighted by Crippen LogP contribution is 2.26. The van der Waals surface area contributed by atoms with Gasteiger partial charge in [0.15, 0.2) is 11.6 Å². The van der Waals surface area contributed by atoms with Gasteiger partial charge in [-0.05, 0) is 31.2 Å². The molecule has 4 nitrogen and oxygen atoms in total. The first-order valence-electron chi connectivity index (χ1n) is 5.36. The molecule has 0 atom stereocenters. The van der Waals surface area contributed by atoms with E-state index in [0.717, 1.165) is 28.6 Å². The van der Waals surface area contributed by atoms with Crippen LogP contribution in [0, 0.1) is 6.92 Å². The van der Waals surface area contributed by atoms with Gasteiger partial charge in [-0.1, -0.05) is 0 Å². The van der Waals surface area contributed by atoms with E-state index >= 15 is 0 Å². The largest absolute Gasteiger partial charge is 0.494 e. The minimum absolute atomic E-state index is 0.760. The third kappa shape index (κ3) is 1.49. The first kappa shape index (κ1) is 9.96. The van der Waals surface area contributed by atoms with Crippen LogP contribution >= 0.6 is 0 Å². The van der Waals surface area contributed by atoms with Crippen molar-refractivity contribution in [2.45, 2.75) is 6.92 Å². The van der Waals surface area contributed by atoms with Crippen LogP contribution in [0.15, 0.2) is 41.1 Å². The smallest absolute Gasteiger partial charge is 0.180 e. The molecule has 0 radical (unpaired) electrons. The summed E-state index contributed by atoms with van der Waals surface area (Å²) in [7, 11) is 1.65. The van der Waals surface area contributed by atoms with Crippen molar-refractivity contribution in [1.82, 2.24) is 9.38 Å². The predicted molar refractivity (Wildman–Crippen MR) is 64.2 cm³/mol. The molecular formula is C13H12N2O2. The Morgan fingerprint density at radius 1 is 1.29 bits per heavy atom. The van der Waals surface area contributed by atoms with Crippen LogP contribution in [0.2, 0.25) is 0 Å². The molecule has 0 aromatic carbocycles. The first-order chi connectivity index (χ1) is 8.29. The molecule has 3 heterocycles.